The van der Waals surface area contributed by atoms with Gasteiger partial charge in [-0.05, 0) is 62.4 Å². The number of halogens is 1. The number of pyridine rings is 1. The monoisotopic (exact) mass is 389 g/mol. The van der Waals surface area contributed by atoms with Crippen LogP contribution in [0.3, 0.4) is 0 Å². The average molecular weight is 389 g/mol. The molecule has 0 spiro atoms. The number of aryl methyl sites for hydroxylation is 1. The van der Waals surface area contributed by atoms with Gasteiger partial charge in [0.05, 0.1) is 16.7 Å². The Kier molecular flexibility index (Phi) is 5.56. The van der Waals surface area contributed by atoms with Crippen molar-refractivity contribution in [2.24, 2.45) is 0 Å². The first-order valence-corrected chi connectivity index (χ1v) is 10.2. The maximum atomic E-state index is 13.5. The van der Waals surface area contributed by atoms with Crippen molar-refractivity contribution in [3.05, 3.63) is 47.4 Å². The predicted octanol–water partition coefficient (Wildman–Crippen LogP) is 2.65. The van der Waals surface area contributed by atoms with Crippen LogP contribution in [-0.2, 0) is 10.0 Å². The molecule has 0 bridgehead atoms. The molecule has 1 aromatic carbocycles. The van der Waals surface area contributed by atoms with Crippen LogP contribution >= 0.6 is 0 Å². The van der Waals surface area contributed by atoms with Gasteiger partial charge >= 0.3 is 0 Å². The minimum atomic E-state index is -3.68. The first kappa shape index (κ1) is 19.4. The standard InChI is InChI=1S/C19H20FN3O3S/c1-12-10-15(27(25,26)23-13-2-4-14(24)5-3-13)6-7-16(12)18-9-8-17(20)19(11-21)22-18/h6-10,13-14,23-24H,2-5H2,1H3. The van der Waals surface area contributed by atoms with Gasteiger partial charge in [-0.15, -0.1) is 0 Å². The number of nitrogens with zero attached hydrogens (tertiary/aromatic N) is 2. The van der Waals surface area contributed by atoms with Crippen molar-refractivity contribution in [1.29, 1.82) is 5.26 Å². The molecule has 1 aromatic heterocycles. The highest BCUT2D eigenvalue weighted by atomic mass is 32.2. The van der Waals surface area contributed by atoms with Gasteiger partial charge in [-0.2, -0.15) is 5.26 Å². The molecular formula is C19H20FN3O3S. The highest BCUT2D eigenvalue weighted by Crippen LogP contribution is 2.26. The molecule has 8 heteroatoms. The Morgan fingerprint density at radius 1 is 1.22 bits per heavy atom. The van der Waals surface area contributed by atoms with Crippen LogP contribution in [0.1, 0.15) is 36.9 Å². The van der Waals surface area contributed by atoms with Crippen LogP contribution < -0.4 is 4.72 Å². The summed E-state index contributed by atoms with van der Waals surface area (Å²) in [5, 5.41) is 18.5. The van der Waals surface area contributed by atoms with Crippen LogP contribution in [0.4, 0.5) is 4.39 Å². The molecule has 142 valence electrons. The largest absolute Gasteiger partial charge is 0.393 e. The molecule has 0 saturated heterocycles. The molecule has 6 nitrogen and oxygen atoms in total. The number of aliphatic hydroxyl groups excluding tert-OH is 1. The predicted molar refractivity (Wildman–Crippen MR) is 97.7 cm³/mol. The van der Waals surface area contributed by atoms with Crippen LogP contribution in [0.5, 0.6) is 0 Å². The minimum absolute atomic E-state index is 0.137. The van der Waals surface area contributed by atoms with Crippen molar-refractivity contribution in [3.63, 3.8) is 0 Å². The van der Waals surface area contributed by atoms with E-state index in [1.54, 1.807) is 19.1 Å². The molecule has 0 radical (unpaired) electrons. The van der Waals surface area contributed by atoms with Gasteiger partial charge in [0.25, 0.3) is 0 Å². The van der Waals surface area contributed by atoms with Crippen molar-refractivity contribution in [1.82, 2.24) is 9.71 Å². The van der Waals surface area contributed by atoms with Gasteiger partial charge in [0, 0.05) is 11.6 Å². The van der Waals surface area contributed by atoms with Gasteiger partial charge < -0.3 is 5.11 Å². The Morgan fingerprint density at radius 2 is 1.93 bits per heavy atom. The zero-order valence-electron chi connectivity index (χ0n) is 14.8. The lowest BCUT2D eigenvalue weighted by Gasteiger charge is -2.26. The minimum Gasteiger partial charge on any atom is -0.393 e. The molecule has 2 N–H and O–H groups in total. The summed E-state index contributed by atoms with van der Waals surface area (Å²) in [7, 11) is -3.68. The molecule has 2 aromatic rings. The van der Waals surface area contributed by atoms with E-state index >= 15 is 0 Å². The van der Waals surface area contributed by atoms with Crippen molar-refractivity contribution in [2.45, 2.75) is 49.6 Å². The van der Waals surface area contributed by atoms with Crippen LogP contribution in [-0.4, -0.2) is 30.7 Å². The van der Waals surface area contributed by atoms with Crippen molar-refractivity contribution < 1.29 is 17.9 Å². The smallest absolute Gasteiger partial charge is 0.240 e. The molecule has 1 aliphatic carbocycles. The SMILES string of the molecule is Cc1cc(S(=O)(=O)NC2CCC(O)CC2)ccc1-c1ccc(F)c(C#N)n1. The Balaban J connectivity index is 1.85. The average Bonchev–Trinajstić information content (AvgIpc) is 2.64. The second kappa shape index (κ2) is 7.72. The van der Waals surface area contributed by atoms with E-state index in [2.05, 4.69) is 9.71 Å². The summed E-state index contributed by atoms with van der Waals surface area (Å²) in [5.74, 6) is -0.695. The number of aliphatic hydroxyl groups is 1. The molecule has 0 aliphatic heterocycles. The van der Waals surface area contributed by atoms with E-state index in [-0.39, 0.29) is 22.7 Å². The van der Waals surface area contributed by atoms with Crippen molar-refractivity contribution in [3.8, 4) is 17.3 Å². The molecule has 27 heavy (non-hydrogen) atoms. The zero-order chi connectivity index (χ0) is 19.6. The number of nitriles is 1. The van der Waals surface area contributed by atoms with Gasteiger partial charge in [-0.1, -0.05) is 6.07 Å². The Bertz CT molecular complexity index is 994. The molecule has 1 heterocycles. The number of sulfonamides is 1. The van der Waals surface area contributed by atoms with E-state index in [0.29, 0.717) is 42.5 Å². The first-order valence-electron chi connectivity index (χ1n) is 8.68. The normalized spacial score (nSPS) is 20.2. The quantitative estimate of drug-likeness (QED) is 0.837. The summed E-state index contributed by atoms with van der Waals surface area (Å²) in [5.41, 5.74) is 1.39. The van der Waals surface area contributed by atoms with E-state index in [9.17, 15) is 17.9 Å². The summed E-state index contributed by atoms with van der Waals surface area (Å²) >= 11 is 0. The lowest BCUT2D eigenvalue weighted by atomic mass is 9.94. The lowest BCUT2D eigenvalue weighted by Crippen LogP contribution is -2.38. The lowest BCUT2D eigenvalue weighted by molar-refractivity contribution is 0.120. The number of benzene rings is 1. The van der Waals surface area contributed by atoms with E-state index in [1.165, 1.54) is 24.3 Å². The third kappa shape index (κ3) is 4.33. The van der Waals surface area contributed by atoms with E-state index in [1.807, 2.05) is 0 Å². The molecule has 3 rings (SSSR count). The van der Waals surface area contributed by atoms with Gasteiger partial charge in [0.2, 0.25) is 10.0 Å². The molecule has 0 unspecified atom stereocenters. The summed E-state index contributed by atoms with van der Waals surface area (Å²) in [4.78, 5) is 4.13. The van der Waals surface area contributed by atoms with Crippen molar-refractivity contribution >= 4 is 10.0 Å². The molecule has 0 atom stereocenters. The maximum absolute atomic E-state index is 13.5. The van der Waals surface area contributed by atoms with E-state index in [0.717, 1.165) is 0 Å². The van der Waals surface area contributed by atoms with Gasteiger partial charge in [0.1, 0.15) is 6.07 Å². The molecule has 0 amide bonds. The number of hydrogen-bond acceptors (Lipinski definition) is 5. The van der Waals surface area contributed by atoms with Gasteiger partial charge in [0.15, 0.2) is 11.5 Å². The summed E-state index contributed by atoms with van der Waals surface area (Å²) in [6.45, 7) is 1.74. The topological polar surface area (TPSA) is 103 Å². The van der Waals surface area contributed by atoms with Gasteiger partial charge in [-0.25, -0.2) is 22.5 Å². The van der Waals surface area contributed by atoms with Crippen LogP contribution in [0.25, 0.3) is 11.3 Å². The molecule has 1 aliphatic rings. The number of hydrogen-bond donors (Lipinski definition) is 2. The fourth-order valence-corrected chi connectivity index (χ4v) is 4.63. The van der Waals surface area contributed by atoms with Crippen LogP contribution in [0.2, 0.25) is 0 Å². The van der Waals surface area contributed by atoms with Crippen LogP contribution in [0, 0.1) is 24.1 Å². The highest BCUT2D eigenvalue weighted by molar-refractivity contribution is 7.89. The maximum Gasteiger partial charge on any atom is 0.240 e. The third-order valence-electron chi connectivity index (χ3n) is 4.75. The van der Waals surface area contributed by atoms with Crippen molar-refractivity contribution in [2.75, 3.05) is 0 Å². The molecular weight excluding hydrogens is 369 g/mol. The third-order valence-corrected chi connectivity index (χ3v) is 6.27. The highest BCUT2D eigenvalue weighted by Gasteiger charge is 2.25. The van der Waals surface area contributed by atoms with E-state index in [4.69, 9.17) is 5.26 Å². The van der Waals surface area contributed by atoms with E-state index < -0.39 is 15.8 Å². The Labute approximate surface area is 157 Å². The molecule has 1 fully saturated rings. The fourth-order valence-electron chi connectivity index (χ4n) is 3.24. The number of aromatic nitrogens is 1. The summed E-state index contributed by atoms with van der Waals surface area (Å²) < 4.78 is 41.5. The Morgan fingerprint density at radius 3 is 2.56 bits per heavy atom. The number of rotatable bonds is 4. The van der Waals surface area contributed by atoms with Gasteiger partial charge in [-0.3, -0.25) is 0 Å². The second-order valence-corrected chi connectivity index (χ2v) is 8.46. The first-order chi connectivity index (χ1) is 12.8. The second-order valence-electron chi connectivity index (χ2n) is 6.74. The number of nitrogens with one attached hydrogen (secondary N) is 1. The van der Waals surface area contributed by atoms with Crippen LogP contribution in [0.15, 0.2) is 35.2 Å². The molecule has 1 saturated carbocycles. The summed E-state index contributed by atoms with van der Waals surface area (Å²) in [6.07, 6.45) is 2.03. The fraction of sp³-hybridized carbons (Fsp3) is 0.368. The Hall–Kier alpha value is -2.34. The zero-order valence-corrected chi connectivity index (χ0v) is 15.6. The summed E-state index contributed by atoms with van der Waals surface area (Å²) in [6, 6.07) is 8.75.